The molecular weight excluding hydrogens is 263 g/mol. The number of nitrogen functional groups attached to an aromatic ring is 1. The van der Waals surface area contributed by atoms with E-state index in [0.717, 1.165) is 0 Å². The van der Waals surface area contributed by atoms with Gasteiger partial charge in [-0.1, -0.05) is 5.21 Å². The summed E-state index contributed by atoms with van der Waals surface area (Å²) in [6, 6.07) is 4.19. The van der Waals surface area contributed by atoms with E-state index in [2.05, 4.69) is 26.2 Å². The summed E-state index contributed by atoms with van der Waals surface area (Å²) in [6.45, 7) is 0. The standard InChI is InChI=1S/C9H8BrFN4/c1-15-8(9(10)13-14-15)6-4-5(11)2-3-7(6)12/h2-4H,12H2,1H3. The van der Waals surface area contributed by atoms with Crippen molar-refractivity contribution in [1.82, 2.24) is 15.0 Å². The molecule has 1 aromatic carbocycles. The SMILES string of the molecule is Cn1nnc(Br)c1-c1cc(F)ccc1N. The molecule has 0 radical (unpaired) electrons. The normalized spacial score (nSPS) is 10.6. The number of aromatic nitrogens is 3. The van der Waals surface area contributed by atoms with E-state index in [1.165, 1.54) is 22.9 Å². The van der Waals surface area contributed by atoms with E-state index < -0.39 is 0 Å². The molecule has 0 unspecified atom stereocenters. The van der Waals surface area contributed by atoms with E-state index in [1.807, 2.05) is 0 Å². The summed E-state index contributed by atoms with van der Waals surface area (Å²) < 4.78 is 15.2. The second-order valence-electron chi connectivity index (χ2n) is 3.08. The maximum absolute atomic E-state index is 13.1. The molecular formula is C9H8BrFN4. The van der Waals surface area contributed by atoms with E-state index in [4.69, 9.17) is 5.73 Å². The van der Waals surface area contributed by atoms with Crippen molar-refractivity contribution in [3.8, 4) is 11.3 Å². The Morgan fingerprint density at radius 1 is 1.47 bits per heavy atom. The predicted molar refractivity (Wildman–Crippen MR) is 58.5 cm³/mol. The van der Waals surface area contributed by atoms with Gasteiger partial charge < -0.3 is 5.73 Å². The Bertz CT molecular complexity index is 489. The Balaban J connectivity index is 2.68. The van der Waals surface area contributed by atoms with Crippen LogP contribution < -0.4 is 5.73 Å². The number of halogens is 2. The van der Waals surface area contributed by atoms with Crippen LogP contribution in [0.4, 0.5) is 10.1 Å². The van der Waals surface area contributed by atoms with Crippen LogP contribution in [0.1, 0.15) is 0 Å². The molecule has 0 aliphatic heterocycles. The molecule has 1 aromatic heterocycles. The lowest BCUT2D eigenvalue weighted by Crippen LogP contribution is -1.98. The van der Waals surface area contributed by atoms with E-state index >= 15 is 0 Å². The van der Waals surface area contributed by atoms with Crippen molar-refractivity contribution in [3.05, 3.63) is 28.6 Å². The van der Waals surface area contributed by atoms with Crippen LogP contribution >= 0.6 is 15.9 Å². The average Bonchev–Trinajstić information content (AvgIpc) is 2.51. The highest BCUT2D eigenvalue weighted by atomic mass is 79.9. The van der Waals surface area contributed by atoms with Gasteiger partial charge in [0.2, 0.25) is 0 Å². The highest BCUT2D eigenvalue weighted by molar-refractivity contribution is 9.10. The monoisotopic (exact) mass is 270 g/mol. The van der Waals surface area contributed by atoms with Crippen LogP contribution in [-0.4, -0.2) is 15.0 Å². The molecule has 0 bridgehead atoms. The summed E-state index contributed by atoms with van der Waals surface area (Å²) in [5.74, 6) is -0.340. The first kappa shape index (κ1) is 10.1. The molecule has 0 aliphatic rings. The Kier molecular flexibility index (Phi) is 2.44. The number of nitrogens with zero attached hydrogens (tertiary/aromatic N) is 3. The molecule has 0 fully saturated rings. The number of nitrogens with two attached hydrogens (primary N) is 1. The fourth-order valence-electron chi connectivity index (χ4n) is 1.35. The van der Waals surface area contributed by atoms with E-state index in [9.17, 15) is 4.39 Å². The summed E-state index contributed by atoms with van der Waals surface area (Å²) >= 11 is 3.24. The highest BCUT2D eigenvalue weighted by Crippen LogP contribution is 2.30. The molecule has 4 nitrogen and oxygen atoms in total. The number of hydrogen-bond donors (Lipinski definition) is 1. The van der Waals surface area contributed by atoms with Gasteiger partial charge in [-0.3, -0.25) is 0 Å². The van der Waals surface area contributed by atoms with Gasteiger partial charge in [-0.2, -0.15) is 0 Å². The molecule has 6 heteroatoms. The molecule has 0 saturated heterocycles. The molecule has 0 aliphatic carbocycles. The first-order chi connectivity index (χ1) is 7.09. The van der Waals surface area contributed by atoms with E-state index in [1.54, 1.807) is 7.05 Å². The Hall–Kier alpha value is -1.43. The van der Waals surface area contributed by atoms with Crippen molar-refractivity contribution >= 4 is 21.6 Å². The van der Waals surface area contributed by atoms with Crippen LogP contribution in [0.5, 0.6) is 0 Å². The Labute approximate surface area is 94.0 Å². The van der Waals surface area contributed by atoms with Crippen molar-refractivity contribution in [2.45, 2.75) is 0 Å². The first-order valence-electron chi connectivity index (χ1n) is 4.20. The summed E-state index contributed by atoms with van der Waals surface area (Å²) in [6.07, 6.45) is 0. The fourth-order valence-corrected chi connectivity index (χ4v) is 1.89. The number of aryl methyl sites for hydroxylation is 1. The third-order valence-corrected chi connectivity index (χ3v) is 2.59. The third-order valence-electron chi connectivity index (χ3n) is 2.06. The van der Waals surface area contributed by atoms with Gasteiger partial charge >= 0.3 is 0 Å². The molecule has 0 atom stereocenters. The van der Waals surface area contributed by atoms with Crippen LogP contribution in [-0.2, 0) is 7.05 Å². The lowest BCUT2D eigenvalue weighted by molar-refractivity contribution is 0.628. The molecule has 2 aromatic rings. The minimum atomic E-state index is -0.340. The maximum Gasteiger partial charge on any atom is 0.156 e. The third kappa shape index (κ3) is 1.72. The molecule has 1 heterocycles. The minimum absolute atomic E-state index is 0.340. The second kappa shape index (κ2) is 3.62. The van der Waals surface area contributed by atoms with Gasteiger partial charge in [0.25, 0.3) is 0 Å². The van der Waals surface area contributed by atoms with Crippen LogP contribution in [0, 0.1) is 5.82 Å². The quantitative estimate of drug-likeness (QED) is 0.807. The fraction of sp³-hybridized carbons (Fsp3) is 0.111. The van der Waals surface area contributed by atoms with Crippen molar-refractivity contribution in [3.63, 3.8) is 0 Å². The highest BCUT2D eigenvalue weighted by Gasteiger charge is 2.13. The lowest BCUT2D eigenvalue weighted by atomic mass is 10.1. The van der Waals surface area contributed by atoms with E-state index in [-0.39, 0.29) is 5.82 Å². The van der Waals surface area contributed by atoms with Gasteiger partial charge in [0.1, 0.15) is 11.5 Å². The topological polar surface area (TPSA) is 56.7 Å². The van der Waals surface area contributed by atoms with Crippen LogP contribution in [0.15, 0.2) is 22.8 Å². The number of benzene rings is 1. The van der Waals surface area contributed by atoms with Crippen molar-refractivity contribution in [2.24, 2.45) is 7.05 Å². The van der Waals surface area contributed by atoms with Crippen LogP contribution in [0.3, 0.4) is 0 Å². The molecule has 78 valence electrons. The van der Waals surface area contributed by atoms with Gasteiger partial charge in [-0.05, 0) is 34.1 Å². The summed E-state index contributed by atoms with van der Waals surface area (Å²) in [7, 11) is 1.72. The molecule has 2 N–H and O–H groups in total. The maximum atomic E-state index is 13.1. The molecule has 0 spiro atoms. The lowest BCUT2D eigenvalue weighted by Gasteiger charge is -2.05. The van der Waals surface area contributed by atoms with Crippen molar-refractivity contribution in [1.29, 1.82) is 0 Å². The zero-order chi connectivity index (χ0) is 11.0. The van der Waals surface area contributed by atoms with Gasteiger partial charge in [-0.25, -0.2) is 9.07 Å². The van der Waals surface area contributed by atoms with Gasteiger partial charge in [0, 0.05) is 18.3 Å². The first-order valence-corrected chi connectivity index (χ1v) is 4.99. The van der Waals surface area contributed by atoms with Crippen molar-refractivity contribution < 1.29 is 4.39 Å². The number of rotatable bonds is 1. The predicted octanol–water partition coefficient (Wildman–Crippen LogP) is 1.97. The van der Waals surface area contributed by atoms with Crippen LogP contribution in [0.25, 0.3) is 11.3 Å². The smallest absolute Gasteiger partial charge is 0.156 e. The zero-order valence-corrected chi connectivity index (χ0v) is 9.49. The van der Waals surface area contributed by atoms with Gasteiger partial charge in [0.15, 0.2) is 4.60 Å². The zero-order valence-electron chi connectivity index (χ0n) is 7.91. The summed E-state index contributed by atoms with van der Waals surface area (Å²) in [5.41, 5.74) is 7.49. The summed E-state index contributed by atoms with van der Waals surface area (Å²) in [5, 5.41) is 7.62. The Morgan fingerprint density at radius 2 is 2.20 bits per heavy atom. The molecule has 0 saturated carbocycles. The minimum Gasteiger partial charge on any atom is -0.398 e. The van der Waals surface area contributed by atoms with Gasteiger partial charge in [-0.15, -0.1) is 5.10 Å². The van der Waals surface area contributed by atoms with Gasteiger partial charge in [0.05, 0.1) is 0 Å². The largest absolute Gasteiger partial charge is 0.398 e. The second-order valence-corrected chi connectivity index (χ2v) is 3.84. The molecule has 0 amide bonds. The Morgan fingerprint density at radius 3 is 2.80 bits per heavy atom. The van der Waals surface area contributed by atoms with Crippen LogP contribution in [0.2, 0.25) is 0 Å². The molecule has 2 rings (SSSR count). The average molecular weight is 271 g/mol. The summed E-state index contributed by atoms with van der Waals surface area (Å²) in [4.78, 5) is 0. The number of hydrogen-bond acceptors (Lipinski definition) is 3. The van der Waals surface area contributed by atoms with Crippen molar-refractivity contribution in [2.75, 3.05) is 5.73 Å². The molecule has 15 heavy (non-hydrogen) atoms. The number of anilines is 1. The van der Waals surface area contributed by atoms with E-state index in [0.29, 0.717) is 21.5 Å².